The van der Waals surface area contributed by atoms with Crippen molar-refractivity contribution >= 4 is 11.6 Å². The number of aromatic nitrogens is 2. The Morgan fingerprint density at radius 2 is 1.70 bits per heavy atom. The van der Waals surface area contributed by atoms with E-state index in [2.05, 4.69) is 41.6 Å². The minimum Gasteiger partial charge on any atom is -0.322 e. The molecule has 0 unspecified atom stereocenters. The second-order valence-electron chi connectivity index (χ2n) is 7.00. The highest BCUT2D eigenvalue weighted by molar-refractivity contribution is 5.93. The molecule has 0 aliphatic carbocycles. The van der Waals surface area contributed by atoms with E-state index in [1.165, 1.54) is 11.1 Å². The molecule has 0 saturated carbocycles. The number of rotatable bonds is 6. The van der Waals surface area contributed by atoms with Crippen molar-refractivity contribution in [2.75, 3.05) is 18.9 Å². The zero-order valence-electron chi connectivity index (χ0n) is 16.4. The Kier molecular flexibility index (Phi) is 5.72. The molecule has 5 nitrogen and oxygen atoms in total. The van der Waals surface area contributed by atoms with E-state index in [-0.39, 0.29) is 5.91 Å². The predicted octanol–water partition coefficient (Wildman–Crippen LogP) is 3.87. The summed E-state index contributed by atoms with van der Waals surface area (Å²) in [6.07, 6.45) is 0. The van der Waals surface area contributed by atoms with Crippen molar-refractivity contribution in [3.8, 4) is 5.69 Å². The van der Waals surface area contributed by atoms with Crippen LogP contribution in [0.4, 0.5) is 5.69 Å². The first-order chi connectivity index (χ1) is 12.9. The van der Waals surface area contributed by atoms with Gasteiger partial charge in [0.1, 0.15) is 0 Å². The average molecular weight is 362 g/mol. The van der Waals surface area contributed by atoms with E-state index in [1.54, 1.807) is 0 Å². The quantitative estimate of drug-likeness (QED) is 0.724. The van der Waals surface area contributed by atoms with Gasteiger partial charge < -0.3 is 5.32 Å². The van der Waals surface area contributed by atoms with E-state index in [4.69, 9.17) is 0 Å². The lowest BCUT2D eigenvalue weighted by Gasteiger charge is -2.16. The number of nitrogens with zero attached hydrogens (tertiary/aromatic N) is 3. The number of benzene rings is 2. The summed E-state index contributed by atoms with van der Waals surface area (Å²) >= 11 is 0. The Balaban J connectivity index is 1.68. The van der Waals surface area contributed by atoms with Crippen molar-refractivity contribution in [1.82, 2.24) is 14.7 Å². The van der Waals surface area contributed by atoms with Crippen LogP contribution in [0.25, 0.3) is 5.69 Å². The van der Waals surface area contributed by atoms with Gasteiger partial charge in [-0.25, -0.2) is 4.68 Å². The van der Waals surface area contributed by atoms with Gasteiger partial charge in [0, 0.05) is 6.54 Å². The first-order valence-electron chi connectivity index (χ1n) is 9.09. The molecular formula is C22H26N4O. The number of aryl methyl sites for hydroxylation is 2. The van der Waals surface area contributed by atoms with Crippen LogP contribution in [0, 0.1) is 20.8 Å². The number of nitrogens with one attached hydrogen (secondary N) is 1. The largest absolute Gasteiger partial charge is 0.322 e. The van der Waals surface area contributed by atoms with Gasteiger partial charge in [-0.2, -0.15) is 5.10 Å². The highest BCUT2D eigenvalue weighted by atomic mass is 16.2. The van der Waals surface area contributed by atoms with Crippen LogP contribution >= 0.6 is 0 Å². The van der Waals surface area contributed by atoms with Gasteiger partial charge in [-0.15, -0.1) is 0 Å². The molecule has 3 aromatic rings. The number of hydrogen-bond acceptors (Lipinski definition) is 3. The number of likely N-dealkylation sites (N-methyl/N-ethyl adjacent to an activating group) is 1. The first kappa shape index (κ1) is 18.9. The van der Waals surface area contributed by atoms with Crippen molar-refractivity contribution in [3.63, 3.8) is 0 Å². The molecule has 0 bridgehead atoms. The number of carbonyl (C=O) groups excluding carboxylic acids is 1. The van der Waals surface area contributed by atoms with Gasteiger partial charge in [0.05, 0.1) is 29.3 Å². The second-order valence-corrected chi connectivity index (χ2v) is 7.00. The van der Waals surface area contributed by atoms with Gasteiger partial charge in [-0.05, 0) is 45.5 Å². The van der Waals surface area contributed by atoms with Crippen molar-refractivity contribution < 1.29 is 4.79 Å². The fourth-order valence-corrected chi connectivity index (χ4v) is 3.14. The summed E-state index contributed by atoms with van der Waals surface area (Å²) in [5, 5.41) is 7.63. The molecule has 0 fully saturated rings. The molecule has 0 aliphatic heterocycles. The summed E-state index contributed by atoms with van der Waals surface area (Å²) < 4.78 is 1.87. The second kappa shape index (κ2) is 8.18. The number of anilines is 1. The van der Waals surface area contributed by atoms with E-state index < -0.39 is 0 Å². The van der Waals surface area contributed by atoms with E-state index in [9.17, 15) is 4.79 Å². The molecule has 0 aliphatic rings. The molecule has 0 saturated heterocycles. The fraction of sp³-hybridized carbons (Fsp3) is 0.273. The molecule has 1 N–H and O–H groups in total. The Bertz CT molecular complexity index is 913. The highest BCUT2D eigenvalue weighted by Gasteiger charge is 2.16. The maximum Gasteiger partial charge on any atom is 0.238 e. The molecule has 1 heterocycles. The Morgan fingerprint density at radius 1 is 1.04 bits per heavy atom. The highest BCUT2D eigenvalue weighted by Crippen LogP contribution is 2.23. The molecule has 3 rings (SSSR count). The maximum atomic E-state index is 12.5. The summed E-state index contributed by atoms with van der Waals surface area (Å²) in [5.74, 6) is -0.0388. The van der Waals surface area contributed by atoms with Crippen LogP contribution in [0.1, 0.15) is 22.5 Å². The molecule has 140 valence electrons. The summed E-state index contributed by atoms with van der Waals surface area (Å²) in [6, 6.07) is 18.3. The predicted molar refractivity (Wildman–Crippen MR) is 109 cm³/mol. The zero-order valence-corrected chi connectivity index (χ0v) is 16.4. The third-order valence-electron chi connectivity index (χ3n) is 4.54. The summed E-state index contributed by atoms with van der Waals surface area (Å²) in [4.78, 5) is 14.5. The maximum absolute atomic E-state index is 12.5. The summed E-state index contributed by atoms with van der Waals surface area (Å²) in [5.41, 5.74) is 5.90. The number of hydrogen-bond donors (Lipinski definition) is 1. The molecule has 2 aromatic carbocycles. The summed E-state index contributed by atoms with van der Waals surface area (Å²) in [6.45, 7) is 7.01. The molecular weight excluding hydrogens is 336 g/mol. The average Bonchev–Trinajstić information content (AvgIpc) is 2.91. The van der Waals surface area contributed by atoms with Crippen LogP contribution in [-0.4, -0.2) is 34.2 Å². The molecule has 1 amide bonds. The molecule has 5 heteroatoms. The molecule has 27 heavy (non-hydrogen) atoms. The van der Waals surface area contributed by atoms with Gasteiger partial charge in [0.2, 0.25) is 5.91 Å². The van der Waals surface area contributed by atoms with E-state index in [0.29, 0.717) is 6.54 Å². The summed E-state index contributed by atoms with van der Waals surface area (Å²) in [7, 11) is 1.95. The molecule has 0 atom stereocenters. The van der Waals surface area contributed by atoms with Crippen molar-refractivity contribution in [2.24, 2.45) is 0 Å². The van der Waals surface area contributed by atoms with Crippen LogP contribution in [0.15, 0.2) is 54.6 Å². The smallest absolute Gasteiger partial charge is 0.238 e. The molecule has 1 aromatic heterocycles. The van der Waals surface area contributed by atoms with Crippen molar-refractivity contribution in [1.29, 1.82) is 0 Å². The fourth-order valence-electron chi connectivity index (χ4n) is 3.14. The van der Waals surface area contributed by atoms with Gasteiger partial charge in [0.25, 0.3) is 0 Å². The lowest BCUT2D eigenvalue weighted by atomic mass is 10.2. The lowest BCUT2D eigenvalue weighted by molar-refractivity contribution is -0.117. The Labute approximate surface area is 160 Å². The van der Waals surface area contributed by atoms with Crippen molar-refractivity contribution in [3.05, 3.63) is 77.1 Å². The minimum atomic E-state index is -0.0388. The first-order valence-corrected chi connectivity index (χ1v) is 9.09. The monoisotopic (exact) mass is 362 g/mol. The molecule has 0 radical (unpaired) electrons. The SMILES string of the molecule is Cc1ccc(-n2nc(C)c(NC(=O)CN(C)Cc3ccccc3)c2C)cc1. The topological polar surface area (TPSA) is 50.2 Å². The van der Waals surface area contributed by atoms with Crippen molar-refractivity contribution in [2.45, 2.75) is 27.3 Å². The van der Waals surface area contributed by atoms with Crippen LogP contribution in [-0.2, 0) is 11.3 Å². The van der Waals surface area contributed by atoms with Crippen LogP contribution in [0.5, 0.6) is 0 Å². The lowest BCUT2D eigenvalue weighted by Crippen LogP contribution is -2.30. The van der Waals surface area contributed by atoms with Crippen LogP contribution in [0.3, 0.4) is 0 Å². The zero-order chi connectivity index (χ0) is 19.4. The van der Waals surface area contributed by atoms with Gasteiger partial charge >= 0.3 is 0 Å². The number of carbonyl (C=O) groups is 1. The Hall–Kier alpha value is -2.92. The third kappa shape index (κ3) is 4.63. The standard InChI is InChI=1S/C22H26N4O/c1-16-10-12-20(13-11-16)26-18(3)22(17(2)24-26)23-21(27)15-25(4)14-19-8-6-5-7-9-19/h5-13H,14-15H2,1-4H3,(H,23,27). The minimum absolute atomic E-state index is 0.0388. The normalized spacial score (nSPS) is 11.0. The Morgan fingerprint density at radius 3 is 2.37 bits per heavy atom. The van der Waals surface area contributed by atoms with Gasteiger partial charge in [0.15, 0.2) is 0 Å². The van der Waals surface area contributed by atoms with Gasteiger partial charge in [-0.3, -0.25) is 9.69 Å². The molecule has 0 spiro atoms. The van der Waals surface area contributed by atoms with Crippen LogP contribution in [0.2, 0.25) is 0 Å². The van der Waals surface area contributed by atoms with Crippen LogP contribution < -0.4 is 5.32 Å². The van der Waals surface area contributed by atoms with E-state index in [1.807, 2.05) is 60.8 Å². The van der Waals surface area contributed by atoms with E-state index in [0.717, 1.165) is 29.3 Å². The van der Waals surface area contributed by atoms with E-state index >= 15 is 0 Å². The number of amides is 1. The third-order valence-corrected chi connectivity index (χ3v) is 4.54. The van der Waals surface area contributed by atoms with Gasteiger partial charge in [-0.1, -0.05) is 48.0 Å².